The van der Waals surface area contributed by atoms with E-state index in [2.05, 4.69) is 0 Å². The summed E-state index contributed by atoms with van der Waals surface area (Å²) in [6, 6.07) is 1.01. The highest BCUT2D eigenvalue weighted by Gasteiger charge is 2.33. The Bertz CT molecular complexity index is 866. The fourth-order valence-corrected chi connectivity index (χ4v) is 2.75. The standard InChI is InChI=1S/C15H14O8/c1-5-3-7-10(15(21-2)22-5)13(18)9-8(23-7)4-6(16)12(17)11(9)14(19)20/h4-5,15-17H,3H2,1-2H3,(H,19,20)/t5-,15+/m1/s1. The van der Waals surface area contributed by atoms with E-state index < -0.39 is 34.8 Å². The number of carboxylic acids is 1. The second kappa shape index (κ2) is 5.25. The molecule has 0 amide bonds. The van der Waals surface area contributed by atoms with Crippen LogP contribution in [-0.4, -0.2) is 34.5 Å². The number of rotatable bonds is 2. The highest BCUT2D eigenvalue weighted by atomic mass is 16.7. The first-order chi connectivity index (χ1) is 10.8. The molecule has 3 rings (SSSR count). The molecule has 2 aromatic rings. The van der Waals surface area contributed by atoms with Crippen molar-refractivity contribution in [3.05, 3.63) is 33.2 Å². The van der Waals surface area contributed by atoms with Gasteiger partial charge in [-0.15, -0.1) is 0 Å². The third-order valence-corrected chi connectivity index (χ3v) is 3.74. The van der Waals surface area contributed by atoms with Crippen molar-refractivity contribution < 1.29 is 34.0 Å². The number of phenols is 2. The van der Waals surface area contributed by atoms with Crippen molar-refractivity contribution in [3.63, 3.8) is 0 Å². The monoisotopic (exact) mass is 322 g/mol. The summed E-state index contributed by atoms with van der Waals surface area (Å²) in [5.74, 6) is -2.83. The number of carbonyl (C=O) groups is 1. The third kappa shape index (κ3) is 2.23. The molecule has 0 saturated heterocycles. The van der Waals surface area contributed by atoms with Crippen LogP contribution in [0.25, 0.3) is 11.0 Å². The van der Waals surface area contributed by atoms with Crippen molar-refractivity contribution in [1.82, 2.24) is 0 Å². The van der Waals surface area contributed by atoms with Crippen LogP contribution in [0.4, 0.5) is 0 Å². The van der Waals surface area contributed by atoms with Gasteiger partial charge in [0.2, 0.25) is 5.43 Å². The minimum absolute atomic E-state index is 0.0608. The second-order valence-electron chi connectivity index (χ2n) is 5.28. The van der Waals surface area contributed by atoms with E-state index in [0.717, 1.165) is 6.07 Å². The number of fused-ring (bicyclic) bond motifs is 2. The van der Waals surface area contributed by atoms with Gasteiger partial charge in [0.15, 0.2) is 17.8 Å². The molecular weight excluding hydrogens is 308 g/mol. The SMILES string of the molecule is CO[C@H]1O[C@H](C)Cc2oc3cc(O)c(O)c(C(=O)O)c3c(=O)c21. The first-order valence-electron chi connectivity index (χ1n) is 6.81. The third-order valence-electron chi connectivity index (χ3n) is 3.74. The number of hydrogen-bond acceptors (Lipinski definition) is 7. The van der Waals surface area contributed by atoms with Crippen LogP contribution < -0.4 is 5.43 Å². The molecule has 8 nitrogen and oxygen atoms in total. The minimum atomic E-state index is -1.56. The predicted molar refractivity (Wildman–Crippen MR) is 76.8 cm³/mol. The average molecular weight is 322 g/mol. The zero-order chi connectivity index (χ0) is 16.9. The molecule has 1 aliphatic rings. The molecule has 1 aromatic heterocycles. The van der Waals surface area contributed by atoms with Gasteiger partial charge in [0.05, 0.1) is 17.1 Å². The molecule has 23 heavy (non-hydrogen) atoms. The van der Waals surface area contributed by atoms with Crippen LogP contribution >= 0.6 is 0 Å². The van der Waals surface area contributed by atoms with Gasteiger partial charge in [-0.3, -0.25) is 4.79 Å². The Hall–Kier alpha value is -2.58. The second-order valence-corrected chi connectivity index (χ2v) is 5.28. The summed E-state index contributed by atoms with van der Waals surface area (Å²) in [5.41, 5.74) is -1.45. The van der Waals surface area contributed by atoms with Gasteiger partial charge in [-0.2, -0.15) is 0 Å². The van der Waals surface area contributed by atoms with E-state index in [1.54, 1.807) is 6.92 Å². The molecule has 1 aliphatic heterocycles. The molecule has 0 bridgehead atoms. The Morgan fingerprint density at radius 2 is 2.09 bits per heavy atom. The molecule has 2 heterocycles. The number of aromatic hydroxyl groups is 2. The van der Waals surface area contributed by atoms with E-state index in [1.165, 1.54) is 7.11 Å². The van der Waals surface area contributed by atoms with Crippen LogP contribution in [0, 0.1) is 0 Å². The van der Waals surface area contributed by atoms with Gasteiger partial charge in [0.25, 0.3) is 0 Å². The lowest BCUT2D eigenvalue weighted by atomic mass is 10.00. The summed E-state index contributed by atoms with van der Waals surface area (Å²) in [6.45, 7) is 1.77. The number of phenolic OH excluding ortho intramolecular Hbond substituents is 1. The fourth-order valence-electron chi connectivity index (χ4n) is 2.75. The fraction of sp³-hybridized carbons (Fsp3) is 0.333. The highest BCUT2D eigenvalue weighted by Crippen LogP contribution is 2.37. The molecule has 2 atom stereocenters. The molecule has 122 valence electrons. The smallest absolute Gasteiger partial charge is 0.340 e. The summed E-state index contributed by atoms with van der Waals surface area (Å²) in [5, 5.41) is 28.4. The maximum Gasteiger partial charge on any atom is 0.340 e. The Morgan fingerprint density at radius 3 is 2.70 bits per heavy atom. The lowest BCUT2D eigenvalue weighted by Gasteiger charge is -2.28. The number of ether oxygens (including phenoxy) is 2. The summed E-state index contributed by atoms with van der Waals surface area (Å²) >= 11 is 0. The van der Waals surface area contributed by atoms with Gasteiger partial charge < -0.3 is 29.2 Å². The van der Waals surface area contributed by atoms with Crippen molar-refractivity contribution in [3.8, 4) is 11.5 Å². The van der Waals surface area contributed by atoms with Crippen LogP contribution in [-0.2, 0) is 15.9 Å². The van der Waals surface area contributed by atoms with E-state index >= 15 is 0 Å². The summed E-state index contributed by atoms with van der Waals surface area (Å²) in [6.07, 6.45) is -0.963. The quantitative estimate of drug-likeness (QED) is 0.710. The molecule has 0 unspecified atom stereocenters. The lowest BCUT2D eigenvalue weighted by Crippen LogP contribution is -2.30. The first kappa shape index (κ1) is 15.3. The van der Waals surface area contributed by atoms with Crippen molar-refractivity contribution in [2.75, 3.05) is 7.11 Å². The van der Waals surface area contributed by atoms with Crippen LogP contribution in [0.1, 0.15) is 34.9 Å². The molecule has 3 N–H and O–H groups in total. The van der Waals surface area contributed by atoms with E-state index in [-0.39, 0.29) is 22.6 Å². The van der Waals surface area contributed by atoms with E-state index in [4.69, 9.17) is 13.9 Å². The molecule has 0 spiro atoms. The van der Waals surface area contributed by atoms with Crippen molar-refractivity contribution in [1.29, 1.82) is 0 Å². The molecule has 1 aromatic carbocycles. The Kier molecular flexibility index (Phi) is 3.50. The first-order valence-corrected chi connectivity index (χ1v) is 6.81. The van der Waals surface area contributed by atoms with E-state index in [1.807, 2.05) is 0 Å². The number of methoxy groups -OCH3 is 1. The number of benzene rings is 1. The summed E-state index contributed by atoms with van der Waals surface area (Å²) in [4.78, 5) is 24.2. The Balaban J connectivity index is 2.46. The van der Waals surface area contributed by atoms with Gasteiger partial charge >= 0.3 is 5.97 Å². The normalized spacial score (nSPS) is 20.4. The van der Waals surface area contributed by atoms with E-state index in [9.17, 15) is 24.9 Å². The van der Waals surface area contributed by atoms with Crippen LogP contribution in [0.2, 0.25) is 0 Å². The lowest BCUT2D eigenvalue weighted by molar-refractivity contribution is -0.166. The van der Waals surface area contributed by atoms with Crippen molar-refractivity contribution >= 4 is 16.9 Å². The van der Waals surface area contributed by atoms with Crippen LogP contribution in [0.5, 0.6) is 11.5 Å². The zero-order valence-electron chi connectivity index (χ0n) is 12.3. The molecule has 0 radical (unpaired) electrons. The van der Waals surface area contributed by atoms with Gasteiger partial charge in [-0.05, 0) is 6.92 Å². The Labute approximate surface area is 129 Å². The molecular formula is C15H14O8. The topological polar surface area (TPSA) is 126 Å². The molecule has 0 fully saturated rings. The maximum atomic E-state index is 12.8. The van der Waals surface area contributed by atoms with Crippen molar-refractivity contribution in [2.24, 2.45) is 0 Å². The van der Waals surface area contributed by atoms with Gasteiger partial charge in [-0.1, -0.05) is 0 Å². The zero-order valence-corrected chi connectivity index (χ0v) is 12.3. The van der Waals surface area contributed by atoms with Gasteiger partial charge in [-0.25, -0.2) is 4.79 Å². The highest BCUT2D eigenvalue weighted by molar-refractivity contribution is 6.06. The molecule has 8 heteroatoms. The van der Waals surface area contributed by atoms with Gasteiger partial charge in [0, 0.05) is 19.6 Å². The van der Waals surface area contributed by atoms with Crippen LogP contribution in [0.3, 0.4) is 0 Å². The van der Waals surface area contributed by atoms with E-state index in [0.29, 0.717) is 12.2 Å². The number of aromatic carboxylic acids is 1. The maximum absolute atomic E-state index is 12.8. The molecule has 0 saturated carbocycles. The minimum Gasteiger partial charge on any atom is -0.504 e. The largest absolute Gasteiger partial charge is 0.504 e. The summed E-state index contributed by atoms with van der Waals surface area (Å²) < 4.78 is 16.2. The van der Waals surface area contributed by atoms with Crippen molar-refractivity contribution in [2.45, 2.75) is 25.7 Å². The van der Waals surface area contributed by atoms with Crippen LogP contribution in [0.15, 0.2) is 15.3 Å². The predicted octanol–water partition coefficient (Wildman–Crippen LogP) is 1.51. The number of hydrogen-bond donors (Lipinski definition) is 3. The number of carboxylic acid groups (broad SMARTS) is 1. The molecule has 0 aliphatic carbocycles. The summed E-state index contributed by atoms with van der Waals surface area (Å²) in [7, 11) is 1.35. The average Bonchev–Trinajstić information content (AvgIpc) is 2.47. The Morgan fingerprint density at radius 1 is 1.39 bits per heavy atom. The van der Waals surface area contributed by atoms with Gasteiger partial charge in [0.1, 0.15) is 16.9 Å².